The SMILES string of the molecule is CC1OC(C)C(C(=O)Nc2cccnc2Br)C1C. The molecule has 0 spiro atoms. The van der Waals surface area contributed by atoms with Gasteiger partial charge in [-0.1, -0.05) is 6.92 Å². The highest BCUT2D eigenvalue weighted by atomic mass is 79.9. The van der Waals surface area contributed by atoms with Crippen molar-refractivity contribution in [2.45, 2.75) is 33.0 Å². The van der Waals surface area contributed by atoms with Crippen molar-refractivity contribution in [3.8, 4) is 0 Å². The van der Waals surface area contributed by atoms with E-state index in [0.29, 0.717) is 10.3 Å². The monoisotopic (exact) mass is 312 g/mol. The molecule has 98 valence electrons. The lowest BCUT2D eigenvalue weighted by atomic mass is 9.89. The second kappa shape index (κ2) is 5.36. The summed E-state index contributed by atoms with van der Waals surface area (Å²) in [5.41, 5.74) is 0.696. The van der Waals surface area contributed by atoms with Gasteiger partial charge < -0.3 is 10.1 Å². The third kappa shape index (κ3) is 2.57. The highest BCUT2D eigenvalue weighted by Crippen LogP contribution is 2.33. The van der Waals surface area contributed by atoms with Crippen LogP contribution in [0.1, 0.15) is 20.8 Å². The third-order valence-electron chi connectivity index (χ3n) is 3.56. The van der Waals surface area contributed by atoms with Crippen molar-refractivity contribution in [3.05, 3.63) is 22.9 Å². The van der Waals surface area contributed by atoms with Gasteiger partial charge >= 0.3 is 0 Å². The van der Waals surface area contributed by atoms with Gasteiger partial charge in [0.1, 0.15) is 4.60 Å². The van der Waals surface area contributed by atoms with Crippen LogP contribution in [0.2, 0.25) is 0 Å². The molecule has 4 unspecified atom stereocenters. The van der Waals surface area contributed by atoms with E-state index in [1.807, 2.05) is 19.9 Å². The molecular formula is C13H17BrN2O2. The number of hydrogen-bond donors (Lipinski definition) is 1. The number of ether oxygens (including phenoxy) is 1. The molecule has 0 radical (unpaired) electrons. The number of hydrogen-bond acceptors (Lipinski definition) is 3. The zero-order chi connectivity index (χ0) is 13.3. The summed E-state index contributed by atoms with van der Waals surface area (Å²) in [6.07, 6.45) is 1.74. The Labute approximate surface area is 115 Å². The van der Waals surface area contributed by atoms with Crippen LogP contribution in [0.3, 0.4) is 0 Å². The summed E-state index contributed by atoms with van der Waals surface area (Å²) in [5.74, 6) is 0.0932. The molecule has 2 heterocycles. The van der Waals surface area contributed by atoms with E-state index in [-0.39, 0.29) is 30.0 Å². The van der Waals surface area contributed by atoms with Gasteiger partial charge in [0.2, 0.25) is 5.91 Å². The average Bonchev–Trinajstić information content (AvgIpc) is 2.56. The molecule has 0 saturated carbocycles. The van der Waals surface area contributed by atoms with E-state index in [4.69, 9.17) is 4.74 Å². The molecule has 0 bridgehead atoms. The summed E-state index contributed by atoms with van der Waals surface area (Å²) < 4.78 is 6.33. The molecule has 0 aliphatic carbocycles. The lowest BCUT2D eigenvalue weighted by molar-refractivity contribution is -0.121. The zero-order valence-electron chi connectivity index (χ0n) is 10.7. The molecule has 0 aromatic carbocycles. The van der Waals surface area contributed by atoms with Crippen molar-refractivity contribution >= 4 is 27.5 Å². The Kier molecular flexibility index (Phi) is 4.02. The van der Waals surface area contributed by atoms with Crippen LogP contribution >= 0.6 is 15.9 Å². The minimum Gasteiger partial charge on any atom is -0.374 e. The second-order valence-electron chi connectivity index (χ2n) is 4.76. The van der Waals surface area contributed by atoms with Gasteiger partial charge in [0.15, 0.2) is 0 Å². The molecule has 4 atom stereocenters. The number of aromatic nitrogens is 1. The highest BCUT2D eigenvalue weighted by molar-refractivity contribution is 9.10. The predicted molar refractivity (Wildman–Crippen MR) is 73.2 cm³/mol. The molecule has 1 saturated heterocycles. The minimum absolute atomic E-state index is 0.00644. The smallest absolute Gasteiger partial charge is 0.230 e. The first-order valence-corrected chi connectivity index (χ1v) is 6.87. The summed E-state index contributed by atoms with van der Waals surface area (Å²) in [6, 6.07) is 3.62. The van der Waals surface area contributed by atoms with Crippen LogP contribution in [-0.2, 0) is 9.53 Å². The zero-order valence-corrected chi connectivity index (χ0v) is 12.3. The van der Waals surface area contributed by atoms with Crippen LogP contribution in [0.4, 0.5) is 5.69 Å². The molecule has 18 heavy (non-hydrogen) atoms. The van der Waals surface area contributed by atoms with E-state index in [1.165, 1.54) is 0 Å². The second-order valence-corrected chi connectivity index (χ2v) is 5.51. The number of amides is 1. The normalized spacial score (nSPS) is 31.3. The van der Waals surface area contributed by atoms with Crippen LogP contribution in [0.15, 0.2) is 22.9 Å². The molecule has 5 heteroatoms. The van der Waals surface area contributed by atoms with Gasteiger partial charge in [-0.25, -0.2) is 4.98 Å². The first kappa shape index (κ1) is 13.5. The molecule has 1 N–H and O–H groups in total. The van der Waals surface area contributed by atoms with Crippen LogP contribution in [0.5, 0.6) is 0 Å². The first-order valence-electron chi connectivity index (χ1n) is 6.07. The molecule has 1 aromatic heterocycles. The van der Waals surface area contributed by atoms with E-state index >= 15 is 0 Å². The number of halogens is 1. The highest BCUT2D eigenvalue weighted by Gasteiger charge is 2.41. The molecule has 1 amide bonds. The Balaban J connectivity index is 2.11. The lowest BCUT2D eigenvalue weighted by Gasteiger charge is -2.18. The Hall–Kier alpha value is -0.940. The minimum atomic E-state index is -0.118. The van der Waals surface area contributed by atoms with Gasteiger partial charge in [0, 0.05) is 6.20 Å². The van der Waals surface area contributed by atoms with Crippen LogP contribution < -0.4 is 5.32 Å². The van der Waals surface area contributed by atoms with Gasteiger partial charge in [-0.15, -0.1) is 0 Å². The number of rotatable bonds is 2. The number of carbonyl (C=O) groups is 1. The predicted octanol–water partition coefficient (Wildman–Crippen LogP) is 2.84. The molecule has 4 nitrogen and oxygen atoms in total. The van der Waals surface area contributed by atoms with Crippen molar-refractivity contribution < 1.29 is 9.53 Å². The van der Waals surface area contributed by atoms with Gasteiger partial charge in [-0.2, -0.15) is 0 Å². The molecular weight excluding hydrogens is 296 g/mol. The van der Waals surface area contributed by atoms with E-state index < -0.39 is 0 Å². The van der Waals surface area contributed by atoms with E-state index in [1.54, 1.807) is 12.3 Å². The van der Waals surface area contributed by atoms with Crippen LogP contribution in [0, 0.1) is 11.8 Å². The summed E-state index contributed by atoms with van der Waals surface area (Å²) in [5, 5.41) is 2.91. The van der Waals surface area contributed by atoms with Gasteiger partial charge in [0.25, 0.3) is 0 Å². The Morgan fingerprint density at radius 1 is 1.39 bits per heavy atom. The average molecular weight is 313 g/mol. The first-order chi connectivity index (χ1) is 8.50. The quantitative estimate of drug-likeness (QED) is 0.854. The van der Waals surface area contributed by atoms with Gasteiger partial charge in [-0.3, -0.25) is 4.79 Å². The van der Waals surface area contributed by atoms with Crippen LogP contribution in [-0.4, -0.2) is 23.1 Å². The van der Waals surface area contributed by atoms with Crippen molar-refractivity contribution in [2.75, 3.05) is 5.32 Å². The summed E-state index contributed by atoms with van der Waals surface area (Å²) >= 11 is 3.32. The van der Waals surface area contributed by atoms with E-state index in [9.17, 15) is 4.79 Å². The topological polar surface area (TPSA) is 51.2 Å². The largest absolute Gasteiger partial charge is 0.374 e. The Morgan fingerprint density at radius 2 is 2.11 bits per heavy atom. The molecule has 1 aliphatic rings. The maximum atomic E-state index is 12.3. The number of nitrogens with one attached hydrogen (secondary N) is 1. The number of pyridine rings is 1. The maximum absolute atomic E-state index is 12.3. The van der Waals surface area contributed by atoms with E-state index in [0.717, 1.165) is 0 Å². The number of anilines is 1. The molecule has 2 rings (SSSR count). The summed E-state index contributed by atoms with van der Waals surface area (Å²) in [6.45, 7) is 6.01. The standard InChI is InChI=1S/C13H17BrN2O2/c1-7-8(2)18-9(3)11(7)13(17)16-10-5-4-6-15-12(10)14/h4-9,11H,1-3H3,(H,16,17). The third-order valence-corrected chi connectivity index (χ3v) is 4.19. The lowest BCUT2D eigenvalue weighted by Crippen LogP contribution is -2.32. The number of nitrogens with zero attached hydrogens (tertiary/aromatic N) is 1. The van der Waals surface area contributed by atoms with Crippen molar-refractivity contribution in [1.82, 2.24) is 4.98 Å². The van der Waals surface area contributed by atoms with Crippen molar-refractivity contribution in [2.24, 2.45) is 11.8 Å². The van der Waals surface area contributed by atoms with Crippen LogP contribution in [0.25, 0.3) is 0 Å². The van der Waals surface area contributed by atoms with Gasteiger partial charge in [-0.05, 0) is 47.8 Å². The Morgan fingerprint density at radius 3 is 2.67 bits per heavy atom. The fourth-order valence-corrected chi connectivity index (χ4v) is 2.76. The van der Waals surface area contributed by atoms with Crippen molar-refractivity contribution in [3.63, 3.8) is 0 Å². The fraction of sp³-hybridized carbons (Fsp3) is 0.538. The van der Waals surface area contributed by atoms with Gasteiger partial charge in [0.05, 0.1) is 23.8 Å². The molecule has 1 fully saturated rings. The Bertz CT molecular complexity index is 452. The van der Waals surface area contributed by atoms with Crippen molar-refractivity contribution in [1.29, 1.82) is 0 Å². The fourth-order valence-electron chi connectivity index (χ4n) is 2.41. The summed E-state index contributed by atoms with van der Waals surface area (Å²) in [4.78, 5) is 16.4. The summed E-state index contributed by atoms with van der Waals surface area (Å²) in [7, 11) is 0. The maximum Gasteiger partial charge on any atom is 0.230 e. The molecule has 1 aromatic rings. The molecule has 1 aliphatic heterocycles. The van der Waals surface area contributed by atoms with E-state index in [2.05, 4.69) is 33.2 Å². The number of carbonyl (C=O) groups excluding carboxylic acids is 1.